The quantitative estimate of drug-likeness (QED) is 0.858. The van der Waals surface area contributed by atoms with Gasteiger partial charge < -0.3 is 15.5 Å². The van der Waals surface area contributed by atoms with Gasteiger partial charge in [0.05, 0.1) is 5.92 Å². The third-order valence-electron chi connectivity index (χ3n) is 5.29. The van der Waals surface area contributed by atoms with Crippen molar-refractivity contribution in [2.45, 2.75) is 25.7 Å². The standard InChI is InChI=1S/C19H25N3O3/c20-18(24)15-7-10-21(11-8-15)19(25)16-12-17(23)22(13-16)9-6-14-4-2-1-3-5-14/h1-5,15-16H,6-13H2,(H2,20,24). The second-order valence-corrected chi connectivity index (χ2v) is 6.98. The highest BCUT2D eigenvalue weighted by atomic mass is 16.2. The number of nitrogens with two attached hydrogens (primary N) is 1. The van der Waals surface area contributed by atoms with Crippen LogP contribution in [0.1, 0.15) is 24.8 Å². The molecule has 3 amide bonds. The molecular formula is C19H25N3O3. The van der Waals surface area contributed by atoms with Gasteiger partial charge in [-0.1, -0.05) is 30.3 Å². The minimum atomic E-state index is -0.282. The van der Waals surface area contributed by atoms with E-state index in [0.717, 1.165) is 6.42 Å². The van der Waals surface area contributed by atoms with Crippen molar-refractivity contribution in [3.63, 3.8) is 0 Å². The van der Waals surface area contributed by atoms with Crippen molar-refractivity contribution >= 4 is 17.7 Å². The van der Waals surface area contributed by atoms with Gasteiger partial charge in [0.15, 0.2) is 0 Å². The Labute approximate surface area is 148 Å². The summed E-state index contributed by atoms with van der Waals surface area (Å²) in [5.74, 6) is -0.569. The molecule has 0 bridgehead atoms. The monoisotopic (exact) mass is 343 g/mol. The average molecular weight is 343 g/mol. The molecular weight excluding hydrogens is 318 g/mol. The topological polar surface area (TPSA) is 83.7 Å². The van der Waals surface area contributed by atoms with Crippen molar-refractivity contribution < 1.29 is 14.4 Å². The SMILES string of the molecule is NC(=O)C1CCN(C(=O)C2CC(=O)N(CCc3ccccc3)C2)CC1. The van der Waals surface area contributed by atoms with Crippen molar-refractivity contribution in [3.05, 3.63) is 35.9 Å². The van der Waals surface area contributed by atoms with Gasteiger partial charge in [-0.2, -0.15) is 0 Å². The molecule has 0 radical (unpaired) electrons. The molecule has 6 heteroatoms. The largest absolute Gasteiger partial charge is 0.369 e. The number of carbonyl (C=O) groups excluding carboxylic acids is 3. The number of piperidine rings is 1. The number of hydrogen-bond donors (Lipinski definition) is 1. The molecule has 0 spiro atoms. The molecule has 1 unspecified atom stereocenters. The maximum absolute atomic E-state index is 12.7. The van der Waals surface area contributed by atoms with E-state index >= 15 is 0 Å². The van der Waals surface area contributed by atoms with Crippen molar-refractivity contribution in [1.29, 1.82) is 0 Å². The van der Waals surface area contributed by atoms with E-state index < -0.39 is 0 Å². The maximum atomic E-state index is 12.7. The highest BCUT2D eigenvalue weighted by molar-refractivity contribution is 5.89. The lowest BCUT2D eigenvalue weighted by atomic mass is 9.95. The molecule has 2 fully saturated rings. The number of carbonyl (C=O) groups is 3. The van der Waals surface area contributed by atoms with Crippen LogP contribution in [0.15, 0.2) is 30.3 Å². The fraction of sp³-hybridized carbons (Fsp3) is 0.526. The minimum absolute atomic E-state index is 0.0403. The molecule has 134 valence electrons. The Kier molecular flexibility index (Phi) is 5.36. The summed E-state index contributed by atoms with van der Waals surface area (Å²) in [7, 11) is 0. The third-order valence-corrected chi connectivity index (χ3v) is 5.29. The summed E-state index contributed by atoms with van der Waals surface area (Å²) in [5, 5.41) is 0. The van der Waals surface area contributed by atoms with Crippen molar-refractivity contribution in [2.75, 3.05) is 26.2 Å². The molecule has 1 atom stereocenters. The minimum Gasteiger partial charge on any atom is -0.369 e. The van der Waals surface area contributed by atoms with Gasteiger partial charge in [0, 0.05) is 38.5 Å². The summed E-state index contributed by atoms with van der Waals surface area (Å²) >= 11 is 0. The summed E-state index contributed by atoms with van der Waals surface area (Å²) in [5.41, 5.74) is 6.53. The van der Waals surface area contributed by atoms with Crippen LogP contribution in [-0.4, -0.2) is 53.7 Å². The summed E-state index contributed by atoms with van der Waals surface area (Å²) in [6, 6.07) is 10.0. The van der Waals surface area contributed by atoms with Crippen molar-refractivity contribution in [1.82, 2.24) is 9.80 Å². The molecule has 2 saturated heterocycles. The van der Waals surface area contributed by atoms with Gasteiger partial charge in [-0.15, -0.1) is 0 Å². The van der Waals surface area contributed by atoms with Crippen LogP contribution in [0.3, 0.4) is 0 Å². The first-order chi connectivity index (χ1) is 12.0. The Morgan fingerprint density at radius 1 is 1.08 bits per heavy atom. The molecule has 25 heavy (non-hydrogen) atoms. The summed E-state index contributed by atoms with van der Waals surface area (Å²) in [6.45, 7) is 2.26. The third kappa shape index (κ3) is 4.18. The van der Waals surface area contributed by atoms with Gasteiger partial charge in [0.1, 0.15) is 0 Å². The molecule has 2 aliphatic rings. The Morgan fingerprint density at radius 3 is 2.40 bits per heavy atom. The Morgan fingerprint density at radius 2 is 1.76 bits per heavy atom. The highest BCUT2D eigenvalue weighted by Crippen LogP contribution is 2.24. The zero-order valence-electron chi connectivity index (χ0n) is 14.4. The number of primary amides is 1. The number of hydrogen-bond acceptors (Lipinski definition) is 3. The number of likely N-dealkylation sites (tertiary alicyclic amines) is 2. The van der Waals surface area contributed by atoms with E-state index in [4.69, 9.17) is 5.73 Å². The lowest BCUT2D eigenvalue weighted by Crippen LogP contribution is -2.44. The van der Waals surface area contributed by atoms with Crippen LogP contribution in [0.25, 0.3) is 0 Å². The van der Waals surface area contributed by atoms with Crippen LogP contribution < -0.4 is 5.73 Å². The summed E-state index contributed by atoms with van der Waals surface area (Å²) < 4.78 is 0. The van der Waals surface area contributed by atoms with Gasteiger partial charge >= 0.3 is 0 Å². The van der Waals surface area contributed by atoms with Gasteiger partial charge in [-0.3, -0.25) is 14.4 Å². The molecule has 1 aromatic rings. The van der Waals surface area contributed by atoms with Crippen LogP contribution in [0.5, 0.6) is 0 Å². The summed E-state index contributed by atoms with van der Waals surface area (Å²) in [4.78, 5) is 39.7. The Hall–Kier alpha value is -2.37. The van der Waals surface area contributed by atoms with Crippen molar-refractivity contribution in [3.8, 4) is 0 Å². The lowest BCUT2D eigenvalue weighted by Gasteiger charge is -2.32. The zero-order valence-corrected chi connectivity index (χ0v) is 14.4. The van der Waals surface area contributed by atoms with Gasteiger partial charge in [0.2, 0.25) is 17.7 Å². The van der Waals surface area contributed by atoms with E-state index in [2.05, 4.69) is 0 Å². The number of benzene rings is 1. The first-order valence-electron chi connectivity index (χ1n) is 8.94. The smallest absolute Gasteiger partial charge is 0.227 e. The highest BCUT2D eigenvalue weighted by Gasteiger charge is 2.37. The molecule has 0 aliphatic carbocycles. The maximum Gasteiger partial charge on any atom is 0.227 e. The molecule has 0 saturated carbocycles. The van der Waals surface area contributed by atoms with E-state index in [1.165, 1.54) is 5.56 Å². The molecule has 2 aliphatic heterocycles. The first-order valence-corrected chi connectivity index (χ1v) is 8.94. The molecule has 2 N–H and O–H groups in total. The Balaban J connectivity index is 1.50. The fourth-order valence-electron chi connectivity index (χ4n) is 3.70. The van der Waals surface area contributed by atoms with Crippen molar-refractivity contribution in [2.24, 2.45) is 17.6 Å². The molecule has 1 aromatic carbocycles. The average Bonchev–Trinajstić information content (AvgIpc) is 3.01. The van der Waals surface area contributed by atoms with Crippen LogP contribution in [0, 0.1) is 11.8 Å². The predicted octanol–water partition coefficient (Wildman–Crippen LogP) is 0.801. The summed E-state index contributed by atoms with van der Waals surface area (Å²) in [6.07, 6.45) is 2.35. The van der Waals surface area contributed by atoms with Gasteiger partial charge in [-0.25, -0.2) is 0 Å². The van der Waals surface area contributed by atoms with E-state index in [0.29, 0.717) is 45.4 Å². The van der Waals surface area contributed by atoms with Crippen LogP contribution in [-0.2, 0) is 20.8 Å². The fourth-order valence-corrected chi connectivity index (χ4v) is 3.70. The normalized spacial score (nSPS) is 21.6. The number of rotatable bonds is 5. The van der Waals surface area contributed by atoms with E-state index in [9.17, 15) is 14.4 Å². The second kappa shape index (κ2) is 7.68. The number of nitrogens with zero attached hydrogens (tertiary/aromatic N) is 2. The van der Waals surface area contributed by atoms with Crippen LogP contribution in [0.4, 0.5) is 0 Å². The zero-order chi connectivity index (χ0) is 17.8. The molecule has 6 nitrogen and oxygen atoms in total. The van der Waals surface area contributed by atoms with Gasteiger partial charge in [0.25, 0.3) is 0 Å². The first kappa shape index (κ1) is 17.5. The second-order valence-electron chi connectivity index (χ2n) is 6.98. The Bertz CT molecular complexity index is 639. The molecule has 3 rings (SSSR count). The predicted molar refractivity (Wildman–Crippen MR) is 93.3 cm³/mol. The van der Waals surface area contributed by atoms with Gasteiger partial charge in [-0.05, 0) is 24.8 Å². The van der Waals surface area contributed by atoms with Crippen LogP contribution >= 0.6 is 0 Å². The molecule has 0 aromatic heterocycles. The van der Waals surface area contributed by atoms with E-state index in [1.54, 1.807) is 9.80 Å². The van der Waals surface area contributed by atoms with E-state index in [-0.39, 0.29) is 29.6 Å². The van der Waals surface area contributed by atoms with E-state index in [1.807, 2.05) is 30.3 Å². The van der Waals surface area contributed by atoms with Crippen LogP contribution in [0.2, 0.25) is 0 Å². The lowest BCUT2D eigenvalue weighted by molar-refractivity contribution is -0.138. The molecule has 2 heterocycles. The number of amides is 3.